The monoisotopic (exact) mass is 410 g/mol. The lowest BCUT2D eigenvalue weighted by Gasteiger charge is -2.36. The number of rotatable bonds is 7. The topological polar surface area (TPSA) is 100 Å². The molecule has 0 aromatic carbocycles. The Hall–Kier alpha value is -3.07. The number of likely N-dealkylation sites (tertiary alicyclic amines) is 1. The summed E-state index contributed by atoms with van der Waals surface area (Å²) in [5.74, 6) is 0.354. The lowest BCUT2D eigenvalue weighted by Crippen LogP contribution is -2.42. The van der Waals surface area contributed by atoms with Gasteiger partial charge in [-0.25, -0.2) is 14.8 Å². The van der Waals surface area contributed by atoms with Crippen molar-refractivity contribution in [2.75, 3.05) is 18.2 Å². The minimum atomic E-state index is -0.360. The first-order chi connectivity index (χ1) is 14.5. The molecule has 9 heteroatoms. The number of carbonyl (C=O) groups excluding carboxylic acids is 2. The van der Waals surface area contributed by atoms with E-state index in [1.807, 2.05) is 0 Å². The molecule has 0 radical (unpaired) electrons. The summed E-state index contributed by atoms with van der Waals surface area (Å²) in [4.78, 5) is 34.9. The Morgan fingerprint density at radius 1 is 1.30 bits per heavy atom. The number of hydrogen-bond acceptors (Lipinski definition) is 8. The molecule has 2 aliphatic heterocycles. The van der Waals surface area contributed by atoms with E-state index in [2.05, 4.69) is 33.7 Å². The van der Waals surface area contributed by atoms with E-state index >= 15 is 0 Å². The largest absolute Gasteiger partial charge is 0.456 e. The maximum atomic E-state index is 13.1. The summed E-state index contributed by atoms with van der Waals surface area (Å²) in [6.07, 6.45) is 10.7. The number of nitrogens with zero attached hydrogens (tertiary/aromatic N) is 5. The van der Waals surface area contributed by atoms with Crippen LogP contribution in [-0.2, 0) is 20.9 Å². The lowest BCUT2D eigenvalue weighted by atomic mass is 9.71. The number of amides is 1. The molecule has 1 spiro atoms. The summed E-state index contributed by atoms with van der Waals surface area (Å²) in [5.41, 5.74) is 1.25. The fourth-order valence-corrected chi connectivity index (χ4v) is 4.48. The Labute approximate surface area is 175 Å². The van der Waals surface area contributed by atoms with E-state index in [1.54, 1.807) is 17.3 Å². The van der Waals surface area contributed by atoms with E-state index in [4.69, 9.17) is 4.74 Å². The number of cyclic esters (lactones) is 1. The van der Waals surface area contributed by atoms with Crippen LogP contribution in [0.5, 0.6) is 0 Å². The molecular weight excluding hydrogens is 384 g/mol. The molecule has 1 aliphatic carbocycles. The average Bonchev–Trinajstić information content (AvgIpc) is 3.33. The molecule has 0 unspecified atom stereocenters. The van der Waals surface area contributed by atoms with Crippen LogP contribution in [0.1, 0.15) is 37.8 Å². The predicted molar refractivity (Wildman–Crippen MR) is 111 cm³/mol. The van der Waals surface area contributed by atoms with Crippen LogP contribution in [0.4, 0.5) is 5.82 Å². The molecular formula is C21H26N6O3. The molecule has 3 heterocycles. The van der Waals surface area contributed by atoms with Crippen LogP contribution in [0.15, 0.2) is 42.0 Å². The second-order valence-corrected chi connectivity index (χ2v) is 7.92. The Kier molecular flexibility index (Phi) is 5.63. The third-order valence-corrected chi connectivity index (χ3v) is 6.27. The molecule has 0 bridgehead atoms. The zero-order valence-electron chi connectivity index (χ0n) is 16.9. The van der Waals surface area contributed by atoms with Gasteiger partial charge >= 0.3 is 5.97 Å². The molecule has 9 nitrogen and oxygen atoms in total. The van der Waals surface area contributed by atoms with Crippen LogP contribution in [-0.4, -0.2) is 52.7 Å². The van der Waals surface area contributed by atoms with Gasteiger partial charge in [0.15, 0.2) is 5.82 Å². The Balaban J connectivity index is 1.28. The average molecular weight is 410 g/mol. The first kappa shape index (κ1) is 20.2. The van der Waals surface area contributed by atoms with Gasteiger partial charge in [0.05, 0.1) is 29.2 Å². The van der Waals surface area contributed by atoms with Crippen LogP contribution in [0.25, 0.3) is 0 Å². The Morgan fingerprint density at radius 3 is 2.70 bits per heavy atom. The van der Waals surface area contributed by atoms with Gasteiger partial charge in [-0.2, -0.15) is 5.10 Å². The molecule has 1 saturated heterocycles. The number of hydrogen-bond donors (Lipinski definition) is 1. The van der Waals surface area contributed by atoms with Crippen molar-refractivity contribution in [1.29, 1.82) is 0 Å². The van der Waals surface area contributed by atoms with Crippen molar-refractivity contribution in [3.63, 3.8) is 0 Å². The summed E-state index contributed by atoms with van der Waals surface area (Å²) < 4.78 is 4.96. The molecule has 158 valence electrons. The second kappa shape index (κ2) is 8.35. The van der Waals surface area contributed by atoms with Crippen molar-refractivity contribution in [3.8, 4) is 0 Å². The summed E-state index contributed by atoms with van der Waals surface area (Å²) in [5, 5.41) is 8.78. The van der Waals surface area contributed by atoms with Gasteiger partial charge in [0.2, 0.25) is 5.91 Å². The van der Waals surface area contributed by atoms with Crippen LogP contribution in [0.2, 0.25) is 0 Å². The van der Waals surface area contributed by atoms with Crippen LogP contribution in [0.3, 0.4) is 0 Å². The minimum absolute atomic E-state index is 0.148. The molecule has 3 aliphatic rings. The van der Waals surface area contributed by atoms with E-state index in [0.717, 1.165) is 37.8 Å². The third kappa shape index (κ3) is 3.85. The van der Waals surface area contributed by atoms with E-state index in [0.29, 0.717) is 30.6 Å². The fraction of sp³-hybridized carbons (Fsp3) is 0.476. The maximum absolute atomic E-state index is 13.1. The summed E-state index contributed by atoms with van der Waals surface area (Å²) in [6, 6.07) is 0.342. The lowest BCUT2D eigenvalue weighted by molar-refractivity contribution is -0.138. The van der Waals surface area contributed by atoms with Crippen LogP contribution < -0.4 is 10.3 Å². The molecule has 30 heavy (non-hydrogen) atoms. The summed E-state index contributed by atoms with van der Waals surface area (Å²) in [6.45, 7) is 8.62. The van der Waals surface area contributed by atoms with Gasteiger partial charge in [-0.1, -0.05) is 6.58 Å². The SMILES string of the molecule is C=CN(N=C)c1cnc(CNC2CCC3(CC2)CCN(C2=CC(=O)OC2)C3=O)cn1. The number of anilines is 1. The third-order valence-electron chi connectivity index (χ3n) is 6.27. The molecule has 0 atom stereocenters. The highest BCUT2D eigenvalue weighted by Gasteiger charge is 2.49. The highest BCUT2D eigenvalue weighted by atomic mass is 16.5. The van der Waals surface area contributed by atoms with E-state index in [1.165, 1.54) is 17.3 Å². The van der Waals surface area contributed by atoms with Crippen LogP contribution in [0, 0.1) is 5.41 Å². The van der Waals surface area contributed by atoms with Crippen molar-refractivity contribution < 1.29 is 14.3 Å². The first-order valence-electron chi connectivity index (χ1n) is 10.2. The number of hydrazone groups is 1. The first-order valence-corrected chi connectivity index (χ1v) is 10.2. The number of aromatic nitrogens is 2. The van der Waals surface area contributed by atoms with Crippen molar-refractivity contribution in [3.05, 3.63) is 42.6 Å². The van der Waals surface area contributed by atoms with E-state index in [-0.39, 0.29) is 23.9 Å². The zero-order valence-corrected chi connectivity index (χ0v) is 16.9. The van der Waals surface area contributed by atoms with Crippen molar-refractivity contribution in [1.82, 2.24) is 20.2 Å². The smallest absolute Gasteiger partial charge is 0.333 e. The van der Waals surface area contributed by atoms with Crippen LogP contribution >= 0.6 is 0 Å². The van der Waals surface area contributed by atoms with Gasteiger partial charge in [-0.3, -0.25) is 9.78 Å². The fourth-order valence-electron chi connectivity index (χ4n) is 4.48. The molecule has 1 N–H and O–H groups in total. The zero-order chi connectivity index (χ0) is 21.1. The second-order valence-electron chi connectivity index (χ2n) is 7.92. The summed E-state index contributed by atoms with van der Waals surface area (Å²) >= 11 is 0. The Bertz CT molecular complexity index is 865. The van der Waals surface area contributed by atoms with Gasteiger partial charge in [0, 0.05) is 38.1 Å². The van der Waals surface area contributed by atoms with Crippen molar-refractivity contribution >= 4 is 24.4 Å². The normalized spacial score (nSPS) is 25.9. The number of nitrogens with one attached hydrogen (secondary N) is 1. The summed E-state index contributed by atoms with van der Waals surface area (Å²) in [7, 11) is 0. The number of esters is 1. The van der Waals surface area contributed by atoms with E-state index < -0.39 is 0 Å². The quantitative estimate of drug-likeness (QED) is 0.415. The van der Waals surface area contributed by atoms with Gasteiger partial charge < -0.3 is 15.0 Å². The van der Waals surface area contributed by atoms with E-state index in [9.17, 15) is 9.59 Å². The molecule has 1 saturated carbocycles. The highest BCUT2D eigenvalue weighted by molar-refractivity contribution is 5.90. The number of ether oxygens (including phenoxy) is 1. The molecule has 1 aromatic heterocycles. The van der Waals surface area contributed by atoms with Crippen molar-refractivity contribution in [2.24, 2.45) is 10.5 Å². The maximum Gasteiger partial charge on any atom is 0.333 e. The predicted octanol–water partition coefficient (Wildman–Crippen LogP) is 1.73. The van der Waals surface area contributed by atoms with Gasteiger partial charge in [0.1, 0.15) is 6.61 Å². The molecule has 1 aromatic rings. The minimum Gasteiger partial charge on any atom is -0.456 e. The van der Waals surface area contributed by atoms with Crippen molar-refractivity contribution in [2.45, 2.75) is 44.7 Å². The van der Waals surface area contributed by atoms with Gasteiger partial charge in [0.25, 0.3) is 0 Å². The van der Waals surface area contributed by atoms with Gasteiger partial charge in [-0.15, -0.1) is 0 Å². The number of carbonyl (C=O) groups is 2. The Morgan fingerprint density at radius 2 is 2.10 bits per heavy atom. The standard InChI is InChI=1S/C21H26N6O3/c1-3-27(22-2)18-13-24-16(12-25-18)11-23-15-4-6-21(7-5-15)8-9-26(20(21)29)17-10-19(28)30-14-17/h3,10,12-13,15,23H,1-2,4-9,11,14H2. The molecule has 4 rings (SSSR count). The molecule has 1 amide bonds. The van der Waals surface area contributed by atoms with Gasteiger partial charge in [-0.05, 0) is 32.1 Å². The molecule has 2 fully saturated rings. The highest BCUT2D eigenvalue weighted by Crippen LogP contribution is 2.46.